The largest absolute Gasteiger partial charge is 0.674 e. The number of nitrogens with zero attached hydrogens (tertiary/aromatic N) is 1. The van der Waals surface area contributed by atoms with Crippen LogP contribution in [0.5, 0.6) is 0 Å². The molecule has 0 bridgehead atoms. The van der Waals surface area contributed by atoms with Crippen molar-refractivity contribution in [1.29, 1.82) is 0 Å². The molecule has 18 heavy (non-hydrogen) atoms. The molecule has 1 radical (unpaired) electrons. The van der Waals surface area contributed by atoms with Crippen molar-refractivity contribution in [3.8, 4) is 0 Å². The van der Waals surface area contributed by atoms with Crippen molar-refractivity contribution in [2.24, 2.45) is 0 Å². The van der Waals surface area contributed by atoms with E-state index in [0.29, 0.717) is 5.69 Å². The van der Waals surface area contributed by atoms with E-state index < -0.39 is 5.91 Å². The number of rotatable bonds is 1. The van der Waals surface area contributed by atoms with Crippen LogP contribution in [-0.4, -0.2) is 10.5 Å². The minimum atomic E-state index is -0.703. The number of carbonyl (C=O) groups excluding carboxylic acids is 1. The summed E-state index contributed by atoms with van der Waals surface area (Å²) in [7, 11) is 3.71. The number of nitrogens with one attached hydrogen (secondary N) is 1. The molecule has 4 N–H and O–H groups in total. The zero-order valence-electron chi connectivity index (χ0n) is 10.6. The summed E-state index contributed by atoms with van der Waals surface area (Å²) >= 11 is 0. The van der Waals surface area contributed by atoms with E-state index in [4.69, 9.17) is 5.73 Å². The minimum Gasteiger partial charge on any atom is -0.674 e. The molecule has 0 aliphatic rings. The standard InChI is InChI=1S/C10H9N2O.C2H6.H3N.W.Y/c1-12-8-5-3-2-4-7(8)6-9(12)10(11)13;1-2;;;/h2-6H,1H2,(H2,11,13);1-2H3;1H3;;/q-1;;;;/p-1. The van der Waals surface area contributed by atoms with Crippen LogP contribution in [0.4, 0.5) is 0 Å². The number of hydrogen-bond donors (Lipinski definition) is 1. The molecule has 0 fully saturated rings. The molecule has 1 amide bonds. The van der Waals surface area contributed by atoms with Gasteiger partial charge >= 0.3 is 0 Å². The van der Waals surface area contributed by atoms with Crippen molar-refractivity contribution in [1.82, 2.24) is 10.7 Å². The van der Waals surface area contributed by atoms with Gasteiger partial charge in [-0.3, -0.25) is 0 Å². The van der Waals surface area contributed by atoms with Gasteiger partial charge in [-0.25, -0.2) is 0 Å². The first-order valence-electron chi connectivity index (χ1n) is 4.87. The number of para-hydroxylation sites is 1. The number of fused-ring (bicyclic) bond motifs is 1. The van der Waals surface area contributed by atoms with Gasteiger partial charge in [0.05, 0.1) is 0 Å². The van der Waals surface area contributed by atoms with Crippen molar-refractivity contribution >= 4 is 16.8 Å². The summed E-state index contributed by atoms with van der Waals surface area (Å²) in [6.07, 6.45) is 0. The maximum absolute atomic E-state index is 10.8. The molecule has 0 atom stereocenters. The Kier molecular flexibility index (Phi) is 13.7. The van der Waals surface area contributed by atoms with Crippen molar-refractivity contribution < 1.29 is 58.6 Å². The molecule has 2 aromatic rings. The Morgan fingerprint density at radius 3 is 2.22 bits per heavy atom. The Bertz CT molecular complexity index is 485. The zero-order valence-corrected chi connectivity index (χ0v) is 16.4. The van der Waals surface area contributed by atoms with Crippen LogP contribution < -0.4 is 6.15 Å². The molecule has 0 aliphatic heterocycles. The van der Waals surface area contributed by atoms with Gasteiger partial charge in [0.15, 0.2) is 0 Å². The quantitative estimate of drug-likeness (QED) is 0.618. The number of amides is 1. The van der Waals surface area contributed by atoms with E-state index in [9.17, 15) is 4.79 Å². The van der Waals surface area contributed by atoms with Gasteiger partial charge in [-0.05, 0) is 5.69 Å². The van der Waals surface area contributed by atoms with Gasteiger partial charge < -0.3 is 21.2 Å². The van der Waals surface area contributed by atoms with Crippen molar-refractivity contribution in [3.05, 3.63) is 48.8 Å². The molecule has 0 saturated carbocycles. The fourth-order valence-electron chi connectivity index (χ4n) is 1.40. The van der Waals surface area contributed by atoms with Gasteiger partial charge in [-0.2, -0.15) is 0 Å². The number of aromatic nitrogens is 1. The van der Waals surface area contributed by atoms with Crippen LogP contribution in [0.15, 0.2) is 30.3 Å². The van der Waals surface area contributed by atoms with Crippen molar-refractivity contribution in [2.75, 3.05) is 0 Å². The Balaban J connectivity index is -0.000000429. The van der Waals surface area contributed by atoms with E-state index in [1.807, 2.05) is 38.1 Å². The van der Waals surface area contributed by atoms with Crippen LogP contribution in [0.3, 0.4) is 0 Å². The van der Waals surface area contributed by atoms with Crippen LogP contribution in [0, 0.1) is 7.05 Å². The predicted octanol–water partition coefficient (Wildman–Crippen LogP) is 3.66. The molecule has 0 saturated heterocycles. The van der Waals surface area contributed by atoms with E-state index in [1.54, 1.807) is 6.07 Å². The van der Waals surface area contributed by atoms with E-state index in [2.05, 4.69) is 7.05 Å². The molecule has 97 valence electrons. The Labute approximate surface area is 147 Å². The summed E-state index contributed by atoms with van der Waals surface area (Å²) < 4.78 is 1.49. The van der Waals surface area contributed by atoms with Crippen LogP contribution >= 0.6 is 0 Å². The molecular weight excluding hydrogens is 475 g/mol. The van der Waals surface area contributed by atoms with Gasteiger partial charge in [-0.1, -0.05) is 55.1 Å². The fraction of sp³-hybridized carbons (Fsp3) is 0.167. The van der Waals surface area contributed by atoms with E-state index in [1.165, 1.54) is 4.57 Å². The molecule has 4 nitrogen and oxygen atoms in total. The third-order valence-corrected chi connectivity index (χ3v) is 2.04. The SMILES string of the molecule is CC.N.[CH2-]n1c(C([NH-])=O)cc2ccccc21.[W].[Y]. The van der Waals surface area contributed by atoms with Crippen LogP contribution in [-0.2, 0) is 53.8 Å². The smallest absolute Gasteiger partial charge is 0.0384 e. The third kappa shape index (κ3) is 4.85. The zero-order chi connectivity index (χ0) is 11.4. The molecular formula is C12H17N3OWY-2. The molecule has 1 heterocycles. The second-order valence-electron chi connectivity index (χ2n) is 2.85. The normalized spacial score (nSPS) is 7.89. The number of hydrogen-bond acceptors (Lipinski definition) is 2. The summed E-state index contributed by atoms with van der Waals surface area (Å²) in [5.41, 5.74) is 8.19. The van der Waals surface area contributed by atoms with Crippen molar-refractivity contribution in [2.45, 2.75) is 13.8 Å². The molecule has 0 spiro atoms. The van der Waals surface area contributed by atoms with Gasteiger partial charge in [0.1, 0.15) is 0 Å². The second-order valence-corrected chi connectivity index (χ2v) is 2.85. The summed E-state index contributed by atoms with van der Waals surface area (Å²) in [4.78, 5) is 10.8. The number of benzene rings is 1. The third-order valence-electron chi connectivity index (χ3n) is 2.04. The summed E-state index contributed by atoms with van der Waals surface area (Å²) in [6.45, 7) is 4.00. The van der Waals surface area contributed by atoms with E-state index in [-0.39, 0.29) is 59.9 Å². The van der Waals surface area contributed by atoms with Crippen LogP contribution in [0.1, 0.15) is 24.3 Å². The van der Waals surface area contributed by atoms with Crippen LogP contribution in [0.2, 0.25) is 0 Å². The Hall–Kier alpha value is -0.148. The predicted molar refractivity (Wildman–Crippen MR) is 67.7 cm³/mol. The van der Waals surface area contributed by atoms with Crippen molar-refractivity contribution in [3.63, 3.8) is 0 Å². The second kappa shape index (κ2) is 10.7. The molecule has 6 heteroatoms. The average Bonchev–Trinajstić information content (AvgIpc) is 2.60. The van der Waals surface area contributed by atoms with E-state index in [0.717, 1.165) is 10.9 Å². The molecule has 0 aliphatic carbocycles. The Morgan fingerprint density at radius 1 is 1.28 bits per heavy atom. The average molecular weight is 492 g/mol. The molecule has 0 unspecified atom stereocenters. The maximum atomic E-state index is 10.8. The molecule has 1 aromatic carbocycles. The van der Waals surface area contributed by atoms with E-state index >= 15 is 0 Å². The van der Waals surface area contributed by atoms with Crippen LogP contribution in [0.25, 0.3) is 16.6 Å². The van der Waals surface area contributed by atoms with Gasteiger partial charge in [0.2, 0.25) is 0 Å². The fourth-order valence-corrected chi connectivity index (χ4v) is 1.40. The van der Waals surface area contributed by atoms with Gasteiger partial charge in [0, 0.05) is 59.7 Å². The maximum Gasteiger partial charge on any atom is 0.0384 e. The summed E-state index contributed by atoms with van der Waals surface area (Å²) in [6, 6.07) is 9.21. The van der Waals surface area contributed by atoms with Gasteiger partial charge in [0.25, 0.3) is 0 Å². The monoisotopic (exact) mass is 492 g/mol. The summed E-state index contributed by atoms with van der Waals surface area (Å²) in [5, 5.41) is 0.938. The first-order valence-corrected chi connectivity index (χ1v) is 4.87. The van der Waals surface area contributed by atoms with Gasteiger partial charge in [-0.15, -0.1) is 7.05 Å². The number of carbonyl (C=O) groups is 1. The Morgan fingerprint density at radius 2 is 1.78 bits per heavy atom. The topological polar surface area (TPSA) is 80.8 Å². The summed E-state index contributed by atoms with van der Waals surface area (Å²) in [5.74, 6) is -0.703. The first-order chi connectivity index (χ1) is 7.20. The first kappa shape index (κ1) is 23.0. The minimum absolute atomic E-state index is 0. The molecule has 1 aromatic heterocycles. The molecule has 2 rings (SSSR count).